The van der Waals surface area contributed by atoms with Crippen LogP contribution < -0.4 is 0 Å². The first kappa shape index (κ1) is 16.2. The van der Waals surface area contributed by atoms with Gasteiger partial charge in [-0.1, -0.05) is 13.8 Å². The number of hydrogen-bond acceptors (Lipinski definition) is 3. The zero-order valence-electron chi connectivity index (χ0n) is 11.2. The van der Waals surface area contributed by atoms with Crippen LogP contribution in [0.5, 0.6) is 0 Å². The van der Waals surface area contributed by atoms with E-state index in [9.17, 15) is 0 Å². The fraction of sp³-hybridized carbons (Fsp3) is 1.00. The van der Waals surface area contributed by atoms with Gasteiger partial charge in [0.15, 0.2) is 0 Å². The van der Waals surface area contributed by atoms with Gasteiger partial charge in [0, 0.05) is 32.1 Å². The topological polar surface area (TPSA) is 15.7 Å². The van der Waals surface area contributed by atoms with Crippen LogP contribution in [0, 0.1) is 5.92 Å². The van der Waals surface area contributed by atoms with Crippen LogP contribution in [0.4, 0.5) is 0 Å². The van der Waals surface area contributed by atoms with Crippen LogP contribution >= 0.6 is 11.6 Å². The zero-order chi connectivity index (χ0) is 12.4. The Hall–Kier alpha value is 0.170. The molecule has 0 unspecified atom stereocenters. The molecule has 0 fully saturated rings. The smallest absolute Gasteiger partial charge is 0.0602 e. The number of ether oxygens (including phenoxy) is 1. The van der Waals surface area contributed by atoms with Gasteiger partial charge in [-0.2, -0.15) is 0 Å². The van der Waals surface area contributed by atoms with Crippen LogP contribution in [0.25, 0.3) is 0 Å². The highest BCUT2D eigenvalue weighted by Crippen LogP contribution is 1.98. The van der Waals surface area contributed by atoms with Crippen LogP contribution in [0.15, 0.2) is 0 Å². The molecule has 0 amide bonds. The lowest BCUT2D eigenvalue weighted by atomic mass is 10.2. The zero-order valence-corrected chi connectivity index (χ0v) is 12.0. The van der Waals surface area contributed by atoms with Gasteiger partial charge < -0.3 is 9.64 Å². The van der Waals surface area contributed by atoms with Crippen molar-refractivity contribution >= 4 is 11.6 Å². The Bertz CT molecular complexity index is 154. The Kier molecular flexibility index (Phi) is 10.4. The number of rotatable bonds is 10. The van der Waals surface area contributed by atoms with Crippen molar-refractivity contribution in [2.75, 3.05) is 59.4 Å². The van der Waals surface area contributed by atoms with E-state index >= 15 is 0 Å². The lowest BCUT2D eigenvalue weighted by molar-refractivity contribution is 0.106. The molecule has 0 radical (unpaired) electrons. The van der Waals surface area contributed by atoms with Gasteiger partial charge in [0.2, 0.25) is 0 Å². The summed E-state index contributed by atoms with van der Waals surface area (Å²) in [7, 11) is 4.22. The Balaban J connectivity index is 3.72. The summed E-state index contributed by atoms with van der Waals surface area (Å²) in [5, 5.41) is 0. The SMILES string of the molecule is CC(C)CN(CCOCCCl)CCN(C)C. The van der Waals surface area contributed by atoms with Gasteiger partial charge in [0.25, 0.3) is 0 Å². The average molecular weight is 251 g/mol. The number of alkyl halides is 1. The molecule has 98 valence electrons. The molecule has 0 bridgehead atoms. The fourth-order valence-electron chi connectivity index (χ4n) is 1.50. The summed E-state index contributed by atoms with van der Waals surface area (Å²) < 4.78 is 5.41. The summed E-state index contributed by atoms with van der Waals surface area (Å²) in [6, 6.07) is 0. The van der Waals surface area contributed by atoms with Crippen molar-refractivity contribution in [3.63, 3.8) is 0 Å². The molecule has 4 heteroatoms. The van der Waals surface area contributed by atoms with E-state index in [1.165, 1.54) is 0 Å². The maximum atomic E-state index is 5.56. The second kappa shape index (κ2) is 10.3. The molecule has 0 aromatic carbocycles. The van der Waals surface area contributed by atoms with Crippen LogP contribution in [0.3, 0.4) is 0 Å². The third-order valence-corrected chi connectivity index (χ3v) is 2.41. The normalized spacial score (nSPS) is 12.0. The van der Waals surface area contributed by atoms with Gasteiger partial charge in [0.1, 0.15) is 0 Å². The van der Waals surface area contributed by atoms with Gasteiger partial charge in [-0.3, -0.25) is 4.90 Å². The van der Waals surface area contributed by atoms with Gasteiger partial charge >= 0.3 is 0 Å². The van der Waals surface area contributed by atoms with Crippen LogP contribution in [-0.2, 0) is 4.74 Å². The lowest BCUT2D eigenvalue weighted by Gasteiger charge is -2.25. The van der Waals surface area contributed by atoms with Gasteiger partial charge in [-0.25, -0.2) is 0 Å². The van der Waals surface area contributed by atoms with E-state index in [4.69, 9.17) is 16.3 Å². The Morgan fingerprint density at radius 3 is 2.25 bits per heavy atom. The van der Waals surface area contributed by atoms with E-state index < -0.39 is 0 Å². The molecule has 0 saturated heterocycles. The van der Waals surface area contributed by atoms with Crippen molar-refractivity contribution in [3.8, 4) is 0 Å². The highest BCUT2D eigenvalue weighted by molar-refractivity contribution is 6.17. The molecule has 16 heavy (non-hydrogen) atoms. The molecule has 0 atom stereocenters. The van der Waals surface area contributed by atoms with E-state index in [-0.39, 0.29) is 0 Å². The van der Waals surface area contributed by atoms with Gasteiger partial charge in [0.05, 0.1) is 13.2 Å². The molecule has 0 aromatic heterocycles. The predicted molar refractivity (Wildman–Crippen MR) is 71.4 cm³/mol. The second-order valence-electron chi connectivity index (χ2n) is 4.80. The summed E-state index contributed by atoms with van der Waals surface area (Å²) >= 11 is 5.56. The van der Waals surface area contributed by atoms with E-state index in [2.05, 4.69) is 37.7 Å². The third kappa shape index (κ3) is 10.7. The minimum atomic E-state index is 0.585. The second-order valence-corrected chi connectivity index (χ2v) is 5.18. The molecule has 0 heterocycles. The van der Waals surface area contributed by atoms with Crippen LogP contribution in [0.1, 0.15) is 13.8 Å². The van der Waals surface area contributed by atoms with Crippen molar-refractivity contribution in [2.24, 2.45) is 5.92 Å². The minimum Gasteiger partial charge on any atom is -0.379 e. The monoisotopic (exact) mass is 250 g/mol. The van der Waals surface area contributed by atoms with Gasteiger partial charge in [-0.15, -0.1) is 11.6 Å². The molecule has 0 saturated carbocycles. The number of halogens is 1. The van der Waals surface area contributed by atoms with Crippen LogP contribution in [0.2, 0.25) is 0 Å². The van der Waals surface area contributed by atoms with Crippen molar-refractivity contribution in [3.05, 3.63) is 0 Å². The Morgan fingerprint density at radius 1 is 1.06 bits per heavy atom. The van der Waals surface area contributed by atoms with Crippen molar-refractivity contribution in [2.45, 2.75) is 13.8 Å². The fourth-order valence-corrected chi connectivity index (χ4v) is 1.61. The first-order valence-electron chi connectivity index (χ1n) is 6.07. The van der Waals surface area contributed by atoms with Crippen LogP contribution in [-0.4, -0.2) is 69.2 Å². The summed E-state index contributed by atoms with van der Waals surface area (Å²) in [5.41, 5.74) is 0. The number of likely N-dealkylation sites (N-methyl/N-ethyl adjacent to an activating group) is 1. The predicted octanol–water partition coefficient (Wildman–Crippen LogP) is 1.76. The summed E-state index contributed by atoms with van der Waals surface area (Å²) in [5.74, 6) is 1.29. The molecule has 0 aliphatic heterocycles. The molecule has 0 rings (SSSR count). The molecular weight excluding hydrogens is 224 g/mol. The molecular formula is C12H27ClN2O. The van der Waals surface area contributed by atoms with E-state index in [1.807, 2.05) is 0 Å². The molecule has 3 nitrogen and oxygen atoms in total. The van der Waals surface area contributed by atoms with E-state index in [1.54, 1.807) is 0 Å². The van der Waals surface area contributed by atoms with Gasteiger partial charge in [-0.05, 0) is 20.0 Å². The standard InChI is InChI=1S/C12H27ClN2O/c1-12(2)11-15(7-6-14(3)4)8-10-16-9-5-13/h12H,5-11H2,1-4H3. The highest BCUT2D eigenvalue weighted by atomic mass is 35.5. The number of hydrogen-bond donors (Lipinski definition) is 0. The summed E-state index contributed by atoms with van der Waals surface area (Å²) in [4.78, 5) is 4.67. The average Bonchev–Trinajstić information content (AvgIpc) is 2.19. The van der Waals surface area contributed by atoms with Crippen molar-refractivity contribution < 1.29 is 4.74 Å². The van der Waals surface area contributed by atoms with E-state index in [0.29, 0.717) is 18.4 Å². The largest absolute Gasteiger partial charge is 0.379 e. The Labute approximate surface area is 106 Å². The molecule has 0 spiro atoms. The highest BCUT2D eigenvalue weighted by Gasteiger charge is 2.07. The van der Waals surface area contributed by atoms with E-state index in [0.717, 1.165) is 32.8 Å². The third-order valence-electron chi connectivity index (χ3n) is 2.26. The first-order valence-corrected chi connectivity index (χ1v) is 6.60. The maximum Gasteiger partial charge on any atom is 0.0602 e. The van der Waals surface area contributed by atoms with Crippen molar-refractivity contribution in [1.82, 2.24) is 9.80 Å². The quantitative estimate of drug-likeness (QED) is 0.434. The Morgan fingerprint density at radius 2 is 1.75 bits per heavy atom. The first-order chi connectivity index (χ1) is 7.56. The van der Waals surface area contributed by atoms with Crippen molar-refractivity contribution in [1.29, 1.82) is 0 Å². The summed E-state index contributed by atoms with van der Waals surface area (Å²) in [6.45, 7) is 10.3. The molecule has 0 aliphatic rings. The minimum absolute atomic E-state index is 0.585. The maximum absolute atomic E-state index is 5.56. The molecule has 0 N–H and O–H groups in total. The molecule has 0 aromatic rings. The molecule has 0 aliphatic carbocycles. The number of nitrogens with zero attached hydrogens (tertiary/aromatic N) is 2. The summed E-state index contributed by atoms with van der Waals surface area (Å²) in [6.07, 6.45) is 0. The lowest BCUT2D eigenvalue weighted by Crippen LogP contribution is -2.36.